The number of aryl methyl sites for hydroxylation is 2. The Labute approximate surface area is 177 Å². The predicted molar refractivity (Wildman–Crippen MR) is 114 cm³/mol. The molecule has 0 fully saturated rings. The second-order valence-corrected chi connectivity index (χ2v) is 8.24. The number of hydrogen-bond acceptors (Lipinski definition) is 6. The van der Waals surface area contributed by atoms with Gasteiger partial charge in [0.25, 0.3) is 5.91 Å². The highest BCUT2D eigenvalue weighted by molar-refractivity contribution is 7.89. The van der Waals surface area contributed by atoms with Gasteiger partial charge in [0, 0.05) is 13.1 Å². The van der Waals surface area contributed by atoms with Crippen LogP contribution in [-0.4, -0.2) is 47.7 Å². The third kappa shape index (κ3) is 6.36. The first-order chi connectivity index (χ1) is 14.3. The monoisotopic (exact) mass is 436 g/mol. The molecule has 0 aromatic heterocycles. The topological polar surface area (TPSA) is 103 Å². The fourth-order valence-corrected chi connectivity index (χ4v) is 3.90. The van der Waals surface area contributed by atoms with Crippen molar-refractivity contribution >= 4 is 15.9 Å². The molecular weight excluding hydrogens is 408 g/mol. The van der Waals surface area contributed by atoms with Crippen LogP contribution in [-0.2, 0) is 14.8 Å². The summed E-state index contributed by atoms with van der Waals surface area (Å²) in [7, 11) is -2.36. The van der Waals surface area contributed by atoms with E-state index in [1.807, 2.05) is 26.8 Å². The molecule has 0 radical (unpaired) electrons. The van der Waals surface area contributed by atoms with Crippen LogP contribution in [0.3, 0.4) is 0 Å². The number of ether oxygens (including phenoxy) is 3. The van der Waals surface area contributed by atoms with Gasteiger partial charge in [-0.05, 0) is 56.2 Å². The minimum Gasteiger partial charge on any atom is -0.495 e. The molecule has 0 spiro atoms. The van der Waals surface area contributed by atoms with Gasteiger partial charge in [-0.3, -0.25) is 4.79 Å². The summed E-state index contributed by atoms with van der Waals surface area (Å²) in [6.07, 6.45) is 0. The van der Waals surface area contributed by atoms with Crippen LogP contribution in [0.5, 0.6) is 17.2 Å². The molecule has 0 heterocycles. The highest BCUT2D eigenvalue weighted by Crippen LogP contribution is 2.27. The van der Waals surface area contributed by atoms with Crippen molar-refractivity contribution in [2.45, 2.75) is 25.7 Å². The zero-order valence-electron chi connectivity index (χ0n) is 17.7. The Morgan fingerprint density at radius 2 is 1.60 bits per heavy atom. The van der Waals surface area contributed by atoms with Crippen LogP contribution in [0.1, 0.15) is 18.1 Å². The van der Waals surface area contributed by atoms with Crippen molar-refractivity contribution in [3.05, 3.63) is 47.5 Å². The summed E-state index contributed by atoms with van der Waals surface area (Å²) in [6, 6.07) is 10.3. The Morgan fingerprint density at radius 3 is 2.23 bits per heavy atom. The van der Waals surface area contributed by atoms with Crippen molar-refractivity contribution < 1.29 is 27.4 Å². The molecule has 1 amide bonds. The first-order valence-corrected chi connectivity index (χ1v) is 11.0. The summed E-state index contributed by atoms with van der Waals surface area (Å²) in [5.41, 5.74) is 1.78. The Bertz CT molecular complexity index is 975. The molecule has 0 saturated carbocycles. The number of rotatable bonds is 11. The average Bonchev–Trinajstić information content (AvgIpc) is 2.72. The van der Waals surface area contributed by atoms with Crippen molar-refractivity contribution in [2.75, 3.05) is 33.4 Å². The first kappa shape index (κ1) is 23.5. The van der Waals surface area contributed by atoms with Gasteiger partial charge in [-0.25, -0.2) is 13.1 Å². The molecule has 2 aromatic carbocycles. The third-order valence-corrected chi connectivity index (χ3v) is 5.80. The van der Waals surface area contributed by atoms with E-state index in [1.54, 1.807) is 30.3 Å². The van der Waals surface area contributed by atoms with Crippen molar-refractivity contribution in [3.63, 3.8) is 0 Å². The molecule has 0 aliphatic rings. The first-order valence-electron chi connectivity index (χ1n) is 9.54. The number of carbonyl (C=O) groups is 1. The Kier molecular flexibility index (Phi) is 8.49. The van der Waals surface area contributed by atoms with Gasteiger partial charge in [0.1, 0.15) is 10.6 Å². The van der Waals surface area contributed by atoms with E-state index in [2.05, 4.69) is 10.0 Å². The largest absolute Gasteiger partial charge is 0.495 e. The van der Waals surface area contributed by atoms with Gasteiger partial charge in [0.2, 0.25) is 10.0 Å². The lowest BCUT2D eigenvalue weighted by Crippen LogP contribution is -2.36. The number of para-hydroxylation sites is 2. The summed E-state index contributed by atoms with van der Waals surface area (Å²) in [6.45, 7) is 5.99. The minimum atomic E-state index is -3.78. The minimum absolute atomic E-state index is 0.0275. The molecule has 2 aromatic rings. The van der Waals surface area contributed by atoms with Gasteiger partial charge in [-0.1, -0.05) is 12.1 Å². The number of amides is 1. The van der Waals surface area contributed by atoms with E-state index in [0.717, 1.165) is 11.1 Å². The molecule has 0 aliphatic carbocycles. The lowest BCUT2D eigenvalue weighted by molar-refractivity contribution is -0.123. The molecule has 164 valence electrons. The van der Waals surface area contributed by atoms with E-state index in [9.17, 15) is 13.2 Å². The van der Waals surface area contributed by atoms with Crippen LogP contribution in [0.4, 0.5) is 0 Å². The van der Waals surface area contributed by atoms with Crippen molar-refractivity contribution in [3.8, 4) is 17.2 Å². The maximum absolute atomic E-state index is 12.6. The van der Waals surface area contributed by atoms with Gasteiger partial charge in [0.15, 0.2) is 18.1 Å². The zero-order valence-corrected chi connectivity index (χ0v) is 18.5. The Balaban J connectivity index is 1.85. The summed E-state index contributed by atoms with van der Waals surface area (Å²) in [5.74, 6) is 0.931. The van der Waals surface area contributed by atoms with E-state index in [0.29, 0.717) is 18.1 Å². The van der Waals surface area contributed by atoms with E-state index in [-0.39, 0.29) is 36.2 Å². The average molecular weight is 437 g/mol. The molecule has 0 atom stereocenters. The predicted octanol–water partition coefficient (Wildman–Crippen LogP) is 2.18. The molecule has 0 saturated heterocycles. The van der Waals surface area contributed by atoms with Crippen LogP contribution in [0.25, 0.3) is 0 Å². The molecule has 2 rings (SSSR count). The number of benzene rings is 2. The molecule has 8 nitrogen and oxygen atoms in total. The Hall–Kier alpha value is -2.78. The summed E-state index contributed by atoms with van der Waals surface area (Å²) in [5, 5.41) is 2.61. The number of methoxy groups -OCH3 is 1. The second-order valence-electron chi connectivity index (χ2n) is 6.50. The lowest BCUT2D eigenvalue weighted by atomic mass is 10.1. The normalized spacial score (nSPS) is 11.1. The van der Waals surface area contributed by atoms with E-state index < -0.39 is 10.0 Å². The van der Waals surface area contributed by atoms with E-state index in [1.165, 1.54) is 7.11 Å². The van der Waals surface area contributed by atoms with Crippen LogP contribution < -0.4 is 24.2 Å². The summed E-state index contributed by atoms with van der Waals surface area (Å²) < 4.78 is 43.8. The SMILES string of the molecule is CCOc1ccccc1OCC(=O)NCCNS(=O)(=O)c1cc(C)c(C)cc1OC. The number of hydrogen-bond donors (Lipinski definition) is 2. The van der Waals surface area contributed by atoms with Crippen molar-refractivity contribution in [2.24, 2.45) is 0 Å². The summed E-state index contributed by atoms with van der Waals surface area (Å²) in [4.78, 5) is 12.1. The van der Waals surface area contributed by atoms with Gasteiger partial charge >= 0.3 is 0 Å². The fourth-order valence-electron chi connectivity index (χ4n) is 2.64. The molecule has 9 heteroatoms. The van der Waals surface area contributed by atoms with Crippen LogP contribution >= 0.6 is 0 Å². The van der Waals surface area contributed by atoms with E-state index >= 15 is 0 Å². The summed E-state index contributed by atoms with van der Waals surface area (Å²) >= 11 is 0. The van der Waals surface area contributed by atoms with Gasteiger partial charge in [-0.15, -0.1) is 0 Å². The Morgan fingerprint density at radius 1 is 0.967 bits per heavy atom. The number of nitrogens with one attached hydrogen (secondary N) is 2. The second kappa shape index (κ2) is 10.8. The van der Waals surface area contributed by atoms with Crippen molar-refractivity contribution in [1.29, 1.82) is 0 Å². The molecule has 0 aliphatic heterocycles. The third-order valence-electron chi connectivity index (χ3n) is 4.32. The van der Waals surface area contributed by atoms with E-state index in [4.69, 9.17) is 14.2 Å². The van der Waals surface area contributed by atoms with Gasteiger partial charge in [-0.2, -0.15) is 0 Å². The number of sulfonamides is 1. The van der Waals surface area contributed by atoms with Gasteiger partial charge < -0.3 is 19.5 Å². The standard InChI is InChI=1S/C21H28N2O6S/c1-5-28-17-8-6-7-9-18(17)29-14-21(24)22-10-11-23-30(25,26)20-13-16(3)15(2)12-19(20)27-4/h6-9,12-13,23H,5,10-11,14H2,1-4H3,(H,22,24). The molecular formula is C21H28N2O6S. The van der Waals surface area contributed by atoms with Crippen LogP contribution in [0.2, 0.25) is 0 Å². The van der Waals surface area contributed by atoms with Gasteiger partial charge in [0.05, 0.1) is 13.7 Å². The van der Waals surface area contributed by atoms with Crippen LogP contribution in [0, 0.1) is 13.8 Å². The molecule has 2 N–H and O–H groups in total. The quantitative estimate of drug-likeness (QED) is 0.524. The highest BCUT2D eigenvalue weighted by atomic mass is 32.2. The maximum Gasteiger partial charge on any atom is 0.257 e. The smallest absolute Gasteiger partial charge is 0.257 e. The zero-order chi connectivity index (χ0) is 22.1. The molecule has 30 heavy (non-hydrogen) atoms. The molecule has 0 bridgehead atoms. The maximum atomic E-state index is 12.6. The fraction of sp³-hybridized carbons (Fsp3) is 0.381. The lowest BCUT2D eigenvalue weighted by Gasteiger charge is -2.14. The van der Waals surface area contributed by atoms with Crippen molar-refractivity contribution in [1.82, 2.24) is 10.0 Å². The molecule has 0 unspecified atom stereocenters. The number of carbonyl (C=O) groups excluding carboxylic acids is 1. The highest BCUT2D eigenvalue weighted by Gasteiger charge is 2.20. The van der Waals surface area contributed by atoms with Crippen LogP contribution in [0.15, 0.2) is 41.3 Å².